The molecule has 1 aromatic heterocycles. The van der Waals surface area contributed by atoms with Crippen LogP contribution in [0.15, 0.2) is 59.6 Å². The Morgan fingerprint density at radius 1 is 1.20 bits per heavy atom. The van der Waals surface area contributed by atoms with Gasteiger partial charge in [0.25, 0.3) is 0 Å². The van der Waals surface area contributed by atoms with Crippen molar-refractivity contribution >= 4 is 28.6 Å². The van der Waals surface area contributed by atoms with Crippen molar-refractivity contribution in [1.29, 1.82) is 0 Å². The first-order valence-corrected chi connectivity index (χ1v) is 11.2. The van der Waals surface area contributed by atoms with Crippen LogP contribution in [0.5, 0.6) is 5.75 Å². The van der Waals surface area contributed by atoms with Gasteiger partial charge in [0, 0.05) is 25.1 Å². The van der Waals surface area contributed by atoms with Gasteiger partial charge in [-0.25, -0.2) is 5.01 Å². The molecule has 2 atom stereocenters. The lowest BCUT2D eigenvalue weighted by Gasteiger charge is -2.53. The van der Waals surface area contributed by atoms with Gasteiger partial charge in [-0.05, 0) is 23.8 Å². The van der Waals surface area contributed by atoms with Crippen molar-refractivity contribution in [3.05, 3.63) is 66.2 Å². The molecule has 3 aromatic rings. The van der Waals surface area contributed by atoms with E-state index in [9.17, 15) is 19.9 Å². The second-order valence-electron chi connectivity index (χ2n) is 8.70. The highest BCUT2D eigenvalue weighted by molar-refractivity contribution is 5.92. The van der Waals surface area contributed by atoms with E-state index in [1.807, 2.05) is 12.1 Å². The lowest BCUT2D eigenvalue weighted by atomic mass is 9.98. The Kier molecular flexibility index (Phi) is 5.89. The number of rotatable bonds is 6. The van der Waals surface area contributed by atoms with Crippen molar-refractivity contribution in [3.63, 3.8) is 0 Å². The summed E-state index contributed by atoms with van der Waals surface area (Å²) in [5, 5.41) is 27.6. The molecule has 0 unspecified atom stereocenters. The van der Waals surface area contributed by atoms with E-state index in [2.05, 4.69) is 11.7 Å². The molecular formula is C24H26N6O5. The molecule has 182 valence electrons. The second-order valence-corrected chi connectivity index (χ2v) is 8.70. The van der Waals surface area contributed by atoms with Crippen LogP contribution in [0.1, 0.15) is 11.1 Å². The Balaban J connectivity index is 1.50. The summed E-state index contributed by atoms with van der Waals surface area (Å²) in [4.78, 5) is 30.0. The Hall–Kier alpha value is -3.93. The summed E-state index contributed by atoms with van der Waals surface area (Å²) < 4.78 is 5.40. The Morgan fingerprint density at radius 2 is 1.97 bits per heavy atom. The molecule has 11 heteroatoms. The van der Waals surface area contributed by atoms with Crippen LogP contribution < -0.4 is 5.73 Å². The van der Waals surface area contributed by atoms with E-state index in [0.29, 0.717) is 16.5 Å². The fourth-order valence-electron chi connectivity index (χ4n) is 4.78. The molecular weight excluding hydrogens is 452 g/mol. The van der Waals surface area contributed by atoms with Crippen molar-refractivity contribution in [2.45, 2.75) is 25.2 Å². The molecule has 2 aromatic carbocycles. The Bertz CT molecular complexity index is 1280. The van der Waals surface area contributed by atoms with Gasteiger partial charge in [-0.1, -0.05) is 40.7 Å². The molecule has 0 bridgehead atoms. The number of phenolic OH excluding ortho intramolecular Hbond substituents is 1. The molecule has 0 spiro atoms. The molecule has 2 saturated heterocycles. The number of anilines is 1. The van der Waals surface area contributed by atoms with E-state index in [1.165, 1.54) is 22.0 Å². The van der Waals surface area contributed by atoms with Crippen molar-refractivity contribution in [2.75, 3.05) is 25.4 Å². The first-order valence-electron chi connectivity index (χ1n) is 11.2. The molecule has 0 radical (unpaired) electrons. The number of hydrogen-bond donors (Lipinski definition) is 3. The number of para-hydroxylation sites is 1. The number of aromatic hydroxyl groups is 1. The maximum Gasteiger partial charge on any atom is 0.246 e. The summed E-state index contributed by atoms with van der Waals surface area (Å²) in [6.07, 6.45) is 1.04. The molecule has 11 nitrogen and oxygen atoms in total. The quantitative estimate of drug-likeness (QED) is 0.448. The van der Waals surface area contributed by atoms with Gasteiger partial charge >= 0.3 is 0 Å². The highest BCUT2D eigenvalue weighted by Crippen LogP contribution is 2.30. The van der Waals surface area contributed by atoms with Crippen LogP contribution in [0.25, 0.3) is 11.0 Å². The number of amides is 2. The van der Waals surface area contributed by atoms with Crippen LogP contribution in [0, 0.1) is 0 Å². The zero-order valence-electron chi connectivity index (χ0n) is 18.9. The number of hydrazine groups is 1. The number of carbonyl (C=O) groups excluding carboxylic acids is 2. The first kappa shape index (κ1) is 22.8. The predicted octanol–water partition coefficient (Wildman–Crippen LogP) is 1.33. The van der Waals surface area contributed by atoms with Gasteiger partial charge < -0.3 is 25.2 Å². The van der Waals surface area contributed by atoms with Gasteiger partial charge in [0.1, 0.15) is 18.0 Å². The largest absolute Gasteiger partial charge is 0.508 e. The third kappa shape index (κ3) is 4.09. The number of hydrogen-bond acceptors (Lipinski definition) is 9. The molecule has 3 heterocycles. The van der Waals surface area contributed by atoms with Crippen LogP contribution in [-0.2, 0) is 22.6 Å². The monoisotopic (exact) mass is 478 g/mol. The molecule has 2 aliphatic rings. The lowest BCUT2D eigenvalue weighted by molar-refractivity contribution is -0.316. The number of piperazine rings is 1. The average Bonchev–Trinajstić information content (AvgIpc) is 3.23. The van der Waals surface area contributed by atoms with E-state index in [1.54, 1.807) is 29.2 Å². The maximum absolute atomic E-state index is 13.7. The van der Waals surface area contributed by atoms with E-state index < -0.39 is 12.2 Å². The normalized spacial score (nSPS) is 21.5. The van der Waals surface area contributed by atoms with Gasteiger partial charge in [-0.15, -0.1) is 6.58 Å². The van der Waals surface area contributed by atoms with Crippen molar-refractivity contribution in [1.82, 2.24) is 25.1 Å². The second kappa shape index (κ2) is 9.02. The molecule has 2 aliphatic heterocycles. The maximum atomic E-state index is 13.7. The van der Waals surface area contributed by atoms with Crippen LogP contribution in [0.4, 0.5) is 5.82 Å². The number of carbonyl (C=O) groups is 2. The summed E-state index contributed by atoms with van der Waals surface area (Å²) in [5.41, 5.74) is 7.87. The summed E-state index contributed by atoms with van der Waals surface area (Å²) in [7, 11) is 0. The number of nitrogens with zero attached hydrogens (tertiary/aromatic N) is 5. The molecule has 5 rings (SSSR count). The first-order chi connectivity index (χ1) is 16.9. The van der Waals surface area contributed by atoms with Crippen LogP contribution in [0.2, 0.25) is 0 Å². The number of nitrogen functional groups attached to an aromatic ring is 1. The molecule has 0 saturated carbocycles. The van der Waals surface area contributed by atoms with Crippen LogP contribution in [-0.4, -0.2) is 79.1 Å². The zero-order valence-corrected chi connectivity index (χ0v) is 18.9. The number of benzene rings is 2. The topological polar surface area (TPSA) is 140 Å². The number of aromatic nitrogens is 1. The van der Waals surface area contributed by atoms with Crippen LogP contribution in [0.3, 0.4) is 0 Å². The number of fused-ring (bicyclic) bond motifs is 2. The highest BCUT2D eigenvalue weighted by Gasteiger charge is 2.49. The zero-order chi connectivity index (χ0) is 24.7. The van der Waals surface area contributed by atoms with Gasteiger partial charge in [0.15, 0.2) is 11.4 Å². The lowest BCUT2D eigenvalue weighted by Crippen LogP contribution is -2.74. The summed E-state index contributed by atoms with van der Waals surface area (Å²) in [5.74, 6) is -0.136. The van der Waals surface area contributed by atoms with E-state index in [4.69, 9.17) is 10.3 Å². The fraction of sp³-hybridized carbons (Fsp3) is 0.292. The predicted molar refractivity (Wildman–Crippen MR) is 125 cm³/mol. The Labute approximate surface area is 201 Å². The average molecular weight is 479 g/mol. The standard InChI is InChI=1S/C24H26N6O5/c1-2-10-28-14-21(32)29-19(11-15-6-8-17(31)9-7-15)24(33)27(13-20(29)30(28)34)12-16-4-3-5-18-22(16)35-26-23(18)25/h2-9,19-20,31,34H,1,10-14H2,(H2,25,26)/t19-,20-/m0/s1. The van der Waals surface area contributed by atoms with Crippen LogP contribution >= 0.6 is 0 Å². The smallest absolute Gasteiger partial charge is 0.246 e. The van der Waals surface area contributed by atoms with Gasteiger partial charge in [0.05, 0.1) is 18.5 Å². The third-order valence-electron chi connectivity index (χ3n) is 6.47. The molecule has 0 aliphatic carbocycles. The van der Waals surface area contributed by atoms with Crippen molar-refractivity contribution in [2.24, 2.45) is 0 Å². The fourth-order valence-corrected chi connectivity index (χ4v) is 4.78. The summed E-state index contributed by atoms with van der Waals surface area (Å²) in [6, 6.07) is 11.1. The molecule has 4 N–H and O–H groups in total. The molecule has 35 heavy (non-hydrogen) atoms. The van der Waals surface area contributed by atoms with Gasteiger partial charge in [-0.2, -0.15) is 0 Å². The van der Waals surface area contributed by atoms with Crippen molar-refractivity contribution in [3.8, 4) is 5.75 Å². The van der Waals surface area contributed by atoms with E-state index >= 15 is 0 Å². The minimum atomic E-state index is -0.842. The van der Waals surface area contributed by atoms with E-state index in [0.717, 1.165) is 10.7 Å². The minimum Gasteiger partial charge on any atom is -0.508 e. The molecule has 2 amide bonds. The summed E-state index contributed by atoms with van der Waals surface area (Å²) >= 11 is 0. The van der Waals surface area contributed by atoms with Gasteiger partial charge in [0.2, 0.25) is 11.8 Å². The molecule has 2 fully saturated rings. The number of phenols is 1. The van der Waals surface area contributed by atoms with Gasteiger partial charge in [-0.3, -0.25) is 14.8 Å². The minimum absolute atomic E-state index is 0.0744. The third-order valence-corrected chi connectivity index (χ3v) is 6.47. The number of nitrogens with two attached hydrogens (primary N) is 1. The SMILES string of the molecule is C=CCN1CC(=O)N2[C@@H](Cc3ccc(O)cc3)C(=O)N(Cc3cccc4c(N)noc34)C[C@@H]2N1O. The summed E-state index contributed by atoms with van der Waals surface area (Å²) in [6.45, 7) is 4.17. The highest BCUT2D eigenvalue weighted by atomic mass is 16.6. The number of hydroxylamine groups is 1. The van der Waals surface area contributed by atoms with Crippen molar-refractivity contribution < 1.29 is 24.4 Å². The Morgan fingerprint density at radius 3 is 2.71 bits per heavy atom. The van der Waals surface area contributed by atoms with E-state index in [-0.39, 0.29) is 56.0 Å².